The van der Waals surface area contributed by atoms with Crippen molar-refractivity contribution in [3.8, 4) is 0 Å². The fraction of sp³-hybridized carbons (Fsp3) is 0.562. The first-order valence-corrected chi connectivity index (χ1v) is 8.13. The number of fused-ring (bicyclic) bond motifs is 1. The lowest BCUT2D eigenvalue weighted by molar-refractivity contribution is -0.122. The number of hydrogen-bond donors (Lipinski definition) is 1. The molecule has 1 amide bonds. The summed E-state index contributed by atoms with van der Waals surface area (Å²) in [6, 6.07) is 8.36. The van der Waals surface area contributed by atoms with Crippen LogP contribution in [0.1, 0.15) is 49.7 Å². The van der Waals surface area contributed by atoms with Crippen LogP contribution in [-0.4, -0.2) is 17.3 Å². The molecule has 1 aliphatic rings. The van der Waals surface area contributed by atoms with Crippen molar-refractivity contribution in [3.05, 3.63) is 35.4 Å². The van der Waals surface area contributed by atoms with Gasteiger partial charge < -0.3 is 5.32 Å². The maximum Gasteiger partial charge on any atom is 0.227 e. The Balaban J connectivity index is 1.97. The molecule has 0 heterocycles. The molecule has 1 aromatic carbocycles. The number of halogens is 1. The van der Waals surface area contributed by atoms with Gasteiger partial charge in [0.2, 0.25) is 5.91 Å². The van der Waals surface area contributed by atoms with E-state index in [0.29, 0.717) is 4.83 Å². The molecule has 1 N–H and O–H groups in total. The average molecular weight is 324 g/mol. The molecule has 0 bridgehead atoms. The number of rotatable bonds is 5. The van der Waals surface area contributed by atoms with E-state index < -0.39 is 0 Å². The van der Waals surface area contributed by atoms with E-state index in [0.717, 1.165) is 38.6 Å². The van der Waals surface area contributed by atoms with E-state index in [1.54, 1.807) is 0 Å². The van der Waals surface area contributed by atoms with Crippen LogP contribution in [-0.2, 0) is 11.2 Å². The van der Waals surface area contributed by atoms with Crippen molar-refractivity contribution >= 4 is 21.8 Å². The van der Waals surface area contributed by atoms with E-state index in [1.165, 1.54) is 11.1 Å². The summed E-state index contributed by atoms with van der Waals surface area (Å²) in [5.41, 5.74) is 2.57. The summed E-state index contributed by atoms with van der Waals surface area (Å²) in [5.74, 6) is 0.235. The SMILES string of the molecule is CCCC(Br)CNC(=O)C1CCCc2ccccc21. The Kier molecular flexibility index (Phi) is 5.44. The lowest BCUT2D eigenvalue weighted by atomic mass is 9.82. The Hall–Kier alpha value is -0.830. The van der Waals surface area contributed by atoms with Crippen molar-refractivity contribution in [2.24, 2.45) is 0 Å². The van der Waals surface area contributed by atoms with Crippen LogP contribution >= 0.6 is 15.9 Å². The smallest absolute Gasteiger partial charge is 0.227 e. The van der Waals surface area contributed by atoms with Crippen molar-refractivity contribution < 1.29 is 4.79 Å². The van der Waals surface area contributed by atoms with Gasteiger partial charge in [-0.1, -0.05) is 53.5 Å². The van der Waals surface area contributed by atoms with Crippen molar-refractivity contribution in [2.45, 2.75) is 49.8 Å². The molecule has 0 fully saturated rings. The number of aryl methyl sites for hydroxylation is 1. The van der Waals surface area contributed by atoms with E-state index in [9.17, 15) is 4.79 Å². The van der Waals surface area contributed by atoms with E-state index in [1.807, 2.05) is 6.07 Å². The standard InChI is InChI=1S/C16H22BrNO/c1-2-6-13(17)11-18-16(19)15-10-5-8-12-7-3-4-9-14(12)15/h3-4,7,9,13,15H,2,5-6,8,10-11H2,1H3,(H,18,19). The Morgan fingerprint density at radius 3 is 3.05 bits per heavy atom. The zero-order valence-corrected chi connectivity index (χ0v) is 13.1. The molecule has 0 aromatic heterocycles. The number of amides is 1. The summed E-state index contributed by atoms with van der Waals surface area (Å²) in [5, 5.41) is 3.09. The van der Waals surface area contributed by atoms with E-state index in [-0.39, 0.29) is 11.8 Å². The summed E-state index contributed by atoms with van der Waals surface area (Å²) in [6.07, 6.45) is 5.43. The molecule has 2 atom stereocenters. The highest BCUT2D eigenvalue weighted by molar-refractivity contribution is 9.09. The Bertz CT molecular complexity index is 433. The van der Waals surface area contributed by atoms with Crippen molar-refractivity contribution in [1.29, 1.82) is 0 Å². The van der Waals surface area contributed by atoms with Crippen LogP contribution in [0.15, 0.2) is 24.3 Å². The normalized spacial score (nSPS) is 19.6. The molecule has 1 aliphatic carbocycles. The molecule has 104 valence electrons. The molecule has 2 unspecified atom stereocenters. The molecule has 2 nitrogen and oxygen atoms in total. The number of nitrogens with one attached hydrogen (secondary N) is 1. The average Bonchev–Trinajstić information content (AvgIpc) is 2.44. The first kappa shape index (κ1) is 14.6. The van der Waals surface area contributed by atoms with Gasteiger partial charge in [-0.15, -0.1) is 0 Å². The van der Waals surface area contributed by atoms with Crippen molar-refractivity contribution in [2.75, 3.05) is 6.54 Å². The highest BCUT2D eigenvalue weighted by Gasteiger charge is 2.26. The second-order valence-corrected chi connectivity index (χ2v) is 6.57. The number of carbonyl (C=O) groups excluding carboxylic acids is 1. The fourth-order valence-corrected chi connectivity index (χ4v) is 3.40. The zero-order valence-electron chi connectivity index (χ0n) is 11.5. The van der Waals surface area contributed by atoms with Gasteiger partial charge in [0.1, 0.15) is 0 Å². The highest BCUT2D eigenvalue weighted by Crippen LogP contribution is 2.31. The molecule has 2 rings (SSSR count). The minimum atomic E-state index is 0.0475. The van der Waals surface area contributed by atoms with Crippen LogP contribution in [0.3, 0.4) is 0 Å². The second-order valence-electron chi connectivity index (χ2n) is 5.27. The lowest BCUT2D eigenvalue weighted by Crippen LogP contribution is -2.35. The van der Waals surface area contributed by atoms with Gasteiger partial charge in [0.15, 0.2) is 0 Å². The highest BCUT2D eigenvalue weighted by atomic mass is 79.9. The van der Waals surface area contributed by atoms with Gasteiger partial charge in [0.25, 0.3) is 0 Å². The summed E-state index contributed by atoms with van der Waals surface area (Å²) in [7, 11) is 0. The zero-order chi connectivity index (χ0) is 13.7. The molecule has 0 spiro atoms. The summed E-state index contributed by atoms with van der Waals surface area (Å²) in [4.78, 5) is 12.7. The lowest BCUT2D eigenvalue weighted by Gasteiger charge is -2.25. The molecule has 19 heavy (non-hydrogen) atoms. The van der Waals surface area contributed by atoms with Crippen LogP contribution in [0.5, 0.6) is 0 Å². The number of carbonyl (C=O) groups is 1. The van der Waals surface area contributed by atoms with Crippen LogP contribution < -0.4 is 5.32 Å². The largest absolute Gasteiger partial charge is 0.354 e. The van der Waals surface area contributed by atoms with E-state index in [4.69, 9.17) is 0 Å². The first-order chi connectivity index (χ1) is 9.22. The maximum atomic E-state index is 12.3. The Labute approximate surface area is 124 Å². The van der Waals surface area contributed by atoms with Crippen LogP contribution in [0.2, 0.25) is 0 Å². The Morgan fingerprint density at radius 2 is 2.26 bits per heavy atom. The maximum absolute atomic E-state index is 12.3. The molecular weight excluding hydrogens is 302 g/mol. The van der Waals surface area contributed by atoms with Gasteiger partial charge >= 0.3 is 0 Å². The van der Waals surface area contributed by atoms with Gasteiger partial charge in [0.05, 0.1) is 5.92 Å². The molecule has 1 aromatic rings. The van der Waals surface area contributed by atoms with Gasteiger partial charge in [-0.25, -0.2) is 0 Å². The minimum Gasteiger partial charge on any atom is -0.354 e. The molecule has 0 radical (unpaired) electrons. The topological polar surface area (TPSA) is 29.1 Å². The van der Waals surface area contributed by atoms with Gasteiger partial charge in [-0.2, -0.15) is 0 Å². The van der Waals surface area contributed by atoms with Gasteiger partial charge in [-0.05, 0) is 36.8 Å². The number of hydrogen-bond acceptors (Lipinski definition) is 1. The molecule has 3 heteroatoms. The van der Waals surface area contributed by atoms with Crippen LogP contribution in [0, 0.1) is 0 Å². The molecule has 0 aliphatic heterocycles. The number of alkyl halides is 1. The fourth-order valence-electron chi connectivity index (χ4n) is 2.78. The first-order valence-electron chi connectivity index (χ1n) is 7.22. The summed E-state index contributed by atoms with van der Waals surface area (Å²) >= 11 is 3.61. The summed E-state index contributed by atoms with van der Waals surface area (Å²) in [6.45, 7) is 2.89. The third-order valence-electron chi connectivity index (χ3n) is 3.79. The minimum absolute atomic E-state index is 0.0475. The molecule has 0 saturated heterocycles. The third-order valence-corrected chi connectivity index (χ3v) is 4.57. The quantitative estimate of drug-likeness (QED) is 0.821. The Morgan fingerprint density at radius 1 is 1.47 bits per heavy atom. The molecular formula is C16H22BrNO. The van der Waals surface area contributed by atoms with Crippen molar-refractivity contribution in [3.63, 3.8) is 0 Å². The number of benzene rings is 1. The second kappa shape index (κ2) is 7.09. The third kappa shape index (κ3) is 3.82. The predicted octanol–water partition coefficient (Wildman–Crippen LogP) is 3.79. The summed E-state index contributed by atoms with van der Waals surface area (Å²) < 4.78 is 0. The van der Waals surface area contributed by atoms with E-state index >= 15 is 0 Å². The van der Waals surface area contributed by atoms with Gasteiger partial charge in [-0.3, -0.25) is 4.79 Å². The van der Waals surface area contributed by atoms with E-state index in [2.05, 4.69) is 46.4 Å². The van der Waals surface area contributed by atoms with Crippen molar-refractivity contribution in [1.82, 2.24) is 5.32 Å². The van der Waals surface area contributed by atoms with Crippen LogP contribution in [0.4, 0.5) is 0 Å². The monoisotopic (exact) mass is 323 g/mol. The molecule has 0 saturated carbocycles. The van der Waals surface area contributed by atoms with Crippen LogP contribution in [0.25, 0.3) is 0 Å². The van der Waals surface area contributed by atoms with Gasteiger partial charge in [0, 0.05) is 11.4 Å². The predicted molar refractivity (Wildman–Crippen MR) is 82.8 cm³/mol.